The molecule has 3 aromatic carbocycles. The van der Waals surface area contributed by atoms with Gasteiger partial charge in [0.15, 0.2) is 11.5 Å². The lowest BCUT2D eigenvalue weighted by Crippen LogP contribution is -2.70. The molecule has 0 spiro atoms. The molecule has 5 aliphatic rings. The minimum absolute atomic E-state index is 0.00577. The highest BCUT2D eigenvalue weighted by molar-refractivity contribution is 6.03. The first-order valence-corrected chi connectivity index (χ1v) is 22.9. The zero-order valence-electron chi connectivity index (χ0n) is 36.5. The number of hydrogen-bond donors (Lipinski definition) is 3. The maximum Gasteiger partial charge on any atom is 0.410 e. The second-order valence-corrected chi connectivity index (χ2v) is 17.2. The van der Waals surface area contributed by atoms with Gasteiger partial charge in [0.2, 0.25) is 18.9 Å². The van der Waals surface area contributed by atoms with E-state index in [4.69, 9.17) is 43.2 Å². The van der Waals surface area contributed by atoms with Crippen LogP contribution in [0.15, 0.2) is 96.2 Å². The van der Waals surface area contributed by atoms with E-state index in [1.807, 2.05) is 48.5 Å². The molecule has 14 heteroatoms. The second kappa shape index (κ2) is 21.7. The fraction of sp³-hybridized carbons (Fsp3) is 0.520. The van der Waals surface area contributed by atoms with Crippen molar-refractivity contribution in [3.63, 3.8) is 0 Å². The highest BCUT2D eigenvalue weighted by atomic mass is 16.8. The van der Waals surface area contributed by atoms with Crippen LogP contribution in [0.4, 0.5) is 4.79 Å². The zero-order valence-corrected chi connectivity index (χ0v) is 36.5. The van der Waals surface area contributed by atoms with Crippen molar-refractivity contribution in [2.24, 2.45) is 22.9 Å². The normalized spacial score (nSPS) is 26.0. The van der Waals surface area contributed by atoms with Gasteiger partial charge in [-0.15, -0.1) is 6.58 Å². The number of oxime groups is 1. The number of aliphatic hydroxyl groups is 2. The van der Waals surface area contributed by atoms with Crippen LogP contribution in [0.2, 0.25) is 0 Å². The summed E-state index contributed by atoms with van der Waals surface area (Å²) >= 11 is 0. The van der Waals surface area contributed by atoms with Gasteiger partial charge in [0.05, 0.1) is 38.1 Å². The molecule has 2 fully saturated rings. The number of phenols is 1. The average Bonchev–Trinajstić information content (AvgIpc) is 3.79. The van der Waals surface area contributed by atoms with Crippen LogP contribution in [0.5, 0.6) is 23.0 Å². The number of aliphatic hydroxyl groups excluding tert-OH is 2. The van der Waals surface area contributed by atoms with Gasteiger partial charge in [-0.05, 0) is 97.4 Å². The molecule has 1 amide bonds. The molecule has 344 valence electrons. The van der Waals surface area contributed by atoms with E-state index in [9.17, 15) is 20.1 Å². The molecule has 3 aliphatic heterocycles. The SMILES string of the molecule is C=CCOC12Oc3ccc(O)cc3C3C(CCCCO)C(CCCCO)C=C(C(=NOC4CCCCO4)CC1N(Cc1ccc4c(c1)OCO4)C(=O)OCCOCc1ccccc1)C32. The van der Waals surface area contributed by atoms with E-state index in [2.05, 4.69) is 12.7 Å². The van der Waals surface area contributed by atoms with Crippen LogP contribution in [-0.4, -0.2) is 96.6 Å². The average molecular weight is 883 g/mol. The summed E-state index contributed by atoms with van der Waals surface area (Å²) in [4.78, 5) is 22.9. The highest BCUT2D eigenvalue weighted by Crippen LogP contribution is 2.62. The number of allylic oxidation sites excluding steroid dienone is 1. The predicted molar refractivity (Wildman–Crippen MR) is 237 cm³/mol. The zero-order chi connectivity index (χ0) is 44.3. The van der Waals surface area contributed by atoms with E-state index < -0.39 is 30.1 Å². The topological polar surface area (TPSA) is 167 Å². The molecule has 3 heterocycles. The Bertz CT molecular complexity index is 2090. The molecule has 0 radical (unpaired) electrons. The number of unbranched alkanes of at least 4 members (excludes halogenated alkanes) is 2. The number of carbonyl (C=O) groups excluding carboxylic acids is 1. The van der Waals surface area contributed by atoms with Crippen LogP contribution in [0.25, 0.3) is 0 Å². The molecule has 1 saturated heterocycles. The summed E-state index contributed by atoms with van der Waals surface area (Å²) in [6.07, 6.45) is 9.99. The Hall–Kier alpha value is -5.12. The quantitative estimate of drug-likeness (QED) is 0.0535. The lowest BCUT2D eigenvalue weighted by molar-refractivity contribution is -0.256. The third-order valence-electron chi connectivity index (χ3n) is 13.0. The number of aromatic hydroxyl groups is 1. The fourth-order valence-electron chi connectivity index (χ4n) is 10.1. The first-order valence-electron chi connectivity index (χ1n) is 22.9. The van der Waals surface area contributed by atoms with Crippen LogP contribution >= 0.6 is 0 Å². The number of nitrogens with zero attached hydrogens (tertiary/aromatic N) is 2. The van der Waals surface area contributed by atoms with Gasteiger partial charge in [-0.25, -0.2) is 4.79 Å². The standard InChI is InChI=1S/C50H62N2O12/c1-2-23-62-50-45(52(31-35-17-19-43-44(27-35)61-33-60-43)49(56)59-26-25-57-32-34-12-4-3-5-13-34)30-41(51-64-46-16-8-11-24-58-46)39-28-36(14-6-9-21-53)38(15-7-10-22-54)47(48(39)50)40-29-37(55)18-20-42(40)63-50/h2-5,12-13,17-20,27-29,36,38,45-48,53-55H,1,6-11,14-16,21-26,30-33H2. The van der Waals surface area contributed by atoms with Crippen LogP contribution in [0.3, 0.4) is 0 Å². The predicted octanol–water partition coefficient (Wildman–Crippen LogP) is 8.14. The number of benzene rings is 3. The van der Waals surface area contributed by atoms with Gasteiger partial charge >= 0.3 is 6.09 Å². The Morgan fingerprint density at radius 1 is 0.922 bits per heavy atom. The van der Waals surface area contributed by atoms with Gasteiger partial charge in [0, 0.05) is 44.1 Å². The molecular weight excluding hydrogens is 821 g/mol. The lowest BCUT2D eigenvalue weighted by Gasteiger charge is -2.59. The van der Waals surface area contributed by atoms with E-state index in [0.717, 1.165) is 60.8 Å². The minimum atomic E-state index is -1.53. The molecular formula is C50H62N2O12. The van der Waals surface area contributed by atoms with Crippen LogP contribution in [0.1, 0.15) is 86.8 Å². The lowest BCUT2D eigenvalue weighted by atomic mass is 9.55. The number of rotatable bonds is 21. The monoisotopic (exact) mass is 882 g/mol. The van der Waals surface area contributed by atoms with Gasteiger partial charge < -0.3 is 53.3 Å². The van der Waals surface area contributed by atoms with Gasteiger partial charge in [-0.2, -0.15) is 0 Å². The van der Waals surface area contributed by atoms with Gasteiger partial charge in [0.25, 0.3) is 0 Å². The molecule has 0 bridgehead atoms. The summed E-state index contributed by atoms with van der Waals surface area (Å²) < 4.78 is 43.8. The first-order chi connectivity index (χ1) is 31.4. The summed E-state index contributed by atoms with van der Waals surface area (Å²) in [5.41, 5.74) is 4.11. The van der Waals surface area contributed by atoms with Crippen molar-refractivity contribution < 1.29 is 58.1 Å². The number of ether oxygens (including phenoxy) is 7. The van der Waals surface area contributed by atoms with E-state index in [1.165, 1.54) is 0 Å². The fourth-order valence-corrected chi connectivity index (χ4v) is 10.1. The smallest absolute Gasteiger partial charge is 0.410 e. The molecule has 64 heavy (non-hydrogen) atoms. The van der Waals surface area contributed by atoms with Crippen molar-refractivity contribution in [1.82, 2.24) is 4.90 Å². The summed E-state index contributed by atoms with van der Waals surface area (Å²) in [5, 5.41) is 35.9. The molecule has 3 aromatic rings. The van der Waals surface area contributed by atoms with E-state index in [1.54, 1.807) is 29.2 Å². The summed E-state index contributed by atoms with van der Waals surface area (Å²) in [6.45, 7) is 5.56. The van der Waals surface area contributed by atoms with E-state index in [-0.39, 0.29) is 76.3 Å². The van der Waals surface area contributed by atoms with Gasteiger partial charge in [0.1, 0.15) is 24.1 Å². The molecule has 2 aliphatic carbocycles. The summed E-state index contributed by atoms with van der Waals surface area (Å²) in [6, 6.07) is 19.7. The minimum Gasteiger partial charge on any atom is -0.508 e. The number of fused-ring (bicyclic) bond motifs is 3. The number of carbonyl (C=O) groups is 1. The third kappa shape index (κ3) is 10.2. The largest absolute Gasteiger partial charge is 0.508 e. The van der Waals surface area contributed by atoms with Crippen LogP contribution in [-0.2, 0) is 36.9 Å². The molecule has 7 unspecified atom stereocenters. The molecule has 8 rings (SSSR count). The molecule has 14 nitrogen and oxygen atoms in total. The van der Waals surface area contributed by atoms with Crippen molar-refractivity contribution in [1.29, 1.82) is 0 Å². The molecule has 7 atom stereocenters. The number of amides is 1. The number of phenolic OH excluding ortho intramolecular Hbond substituents is 1. The van der Waals surface area contributed by atoms with Gasteiger partial charge in [-0.3, -0.25) is 4.90 Å². The van der Waals surface area contributed by atoms with Crippen LogP contribution < -0.4 is 14.2 Å². The Balaban J connectivity index is 1.25. The highest BCUT2D eigenvalue weighted by Gasteiger charge is 2.65. The molecule has 0 aromatic heterocycles. The molecule has 1 saturated carbocycles. The maximum atomic E-state index is 15.0. The molecule has 3 N–H and O–H groups in total. The van der Waals surface area contributed by atoms with Crippen LogP contribution in [0, 0.1) is 17.8 Å². The Labute approximate surface area is 375 Å². The van der Waals surface area contributed by atoms with Crippen molar-refractivity contribution in [2.75, 3.05) is 46.4 Å². The van der Waals surface area contributed by atoms with E-state index >= 15 is 0 Å². The Morgan fingerprint density at radius 3 is 2.53 bits per heavy atom. The first kappa shape index (κ1) is 45.4. The van der Waals surface area contributed by atoms with Crippen molar-refractivity contribution in [2.45, 2.75) is 101 Å². The van der Waals surface area contributed by atoms with Crippen molar-refractivity contribution >= 4 is 11.8 Å². The van der Waals surface area contributed by atoms with Crippen molar-refractivity contribution in [3.05, 3.63) is 108 Å². The summed E-state index contributed by atoms with van der Waals surface area (Å²) in [7, 11) is 0. The second-order valence-electron chi connectivity index (χ2n) is 17.2. The van der Waals surface area contributed by atoms with Gasteiger partial charge in [-0.1, -0.05) is 66.5 Å². The Morgan fingerprint density at radius 2 is 1.73 bits per heavy atom. The maximum absolute atomic E-state index is 15.0. The summed E-state index contributed by atoms with van der Waals surface area (Å²) in [5.74, 6) is -0.540. The Kier molecular flexibility index (Phi) is 15.4. The van der Waals surface area contributed by atoms with Crippen molar-refractivity contribution in [3.8, 4) is 23.0 Å². The van der Waals surface area contributed by atoms with E-state index in [0.29, 0.717) is 55.4 Å². The third-order valence-corrected chi connectivity index (χ3v) is 13.0. The number of hydrogen-bond acceptors (Lipinski definition) is 13.